The second kappa shape index (κ2) is 8.17. The van der Waals surface area contributed by atoms with E-state index in [-0.39, 0.29) is 29.2 Å². The molecule has 0 bridgehead atoms. The third-order valence-corrected chi connectivity index (χ3v) is 5.50. The second-order valence-electron chi connectivity index (χ2n) is 7.56. The van der Waals surface area contributed by atoms with Gasteiger partial charge in [-0.3, -0.25) is 9.59 Å². The van der Waals surface area contributed by atoms with Crippen LogP contribution in [0.5, 0.6) is 0 Å². The zero-order valence-corrected chi connectivity index (χ0v) is 17.4. The molecule has 1 amide bonds. The topological polar surface area (TPSA) is 131 Å². The van der Waals surface area contributed by atoms with Gasteiger partial charge in [-0.2, -0.15) is 9.61 Å². The molecule has 0 unspecified atom stereocenters. The molecule has 4 heterocycles. The van der Waals surface area contributed by atoms with Gasteiger partial charge < -0.3 is 20.4 Å². The zero-order valence-electron chi connectivity index (χ0n) is 17.4. The van der Waals surface area contributed by atoms with E-state index in [1.807, 2.05) is 0 Å². The Morgan fingerprint density at radius 1 is 1.28 bits per heavy atom. The van der Waals surface area contributed by atoms with E-state index in [1.54, 1.807) is 36.0 Å². The van der Waals surface area contributed by atoms with Gasteiger partial charge >= 0.3 is 6.01 Å². The first-order chi connectivity index (χ1) is 15.6. The van der Waals surface area contributed by atoms with E-state index in [0.717, 1.165) is 25.7 Å². The van der Waals surface area contributed by atoms with Gasteiger partial charge in [-0.1, -0.05) is 12.8 Å². The standard InChI is InChI=1S/C21H22N8O3/c1-22-17-11-16(26-15-7-4-9-28(20(15)31)21-23-8-10-32-21)27-18-14(12-24-29(17)18)19(30)25-13-5-2-3-6-13/h4,7-13,22H,2-3,5-6H2,1H3,(H,25,30)(H,26,27). The molecule has 32 heavy (non-hydrogen) atoms. The maximum absolute atomic E-state index is 12.9. The van der Waals surface area contributed by atoms with Crippen LogP contribution in [0.4, 0.5) is 17.3 Å². The third-order valence-electron chi connectivity index (χ3n) is 5.50. The highest BCUT2D eigenvalue weighted by atomic mass is 16.4. The molecule has 3 N–H and O–H groups in total. The number of fused-ring (bicyclic) bond motifs is 1. The van der Waals surface area contributed by atoms with Gasteiger partial charge in [0.15, 0.2) is 5.65 Å². The molecule has 4 aromatic heterocycles. The lowest BCUT2D eigenvalue weighted by molar-refractivity contribution is 0.0939. The Kier molecular flexibility index (Phi) is 5.06. The summed E-state index contributed by atoms with van der Waals surface area (Å²) in [6, 6.07) is 5.39. The highest BCUT2D eigenvalue weighted by Gasteiger charge is 2.22. The minimum absolute atomic E-state index is 0.166. The molecule has 1 aliphatic carbocycles. The fraction of sp³-hybridized carbons (Fsp3) is 0.286. The summed E-state index contributed by atoms with van der Waals surface area (Å²) in [5.74, 6) is 0.797. The van der Waals surface area contributed by atoms with Gasteiger partial charge in [0.25, 0.3) is 11.5 Å². The maximum atomic E-state index is 12.9. The number of pyridine rings is 1. The Morgan fingerprint density at radius 2 is 2.12 bits per heavy atom. The largest absolute Gasteiger partial charge is 0.432 e. The third kappa shape index (κ3) is 3.57. The Labute approximate surface area is 182 Å². The first kappa shape index (κ1) is 19.8. The molecule has 5 rings (SSSR count). The average molecular weight is 434 g/mol. The minimum atomic E-state index is -0.352. The van der Waals surface area contributed by atoms with Gasteiger partial charge in [-0.25, -0.2) is 14.5 Å². The van der Waals surface area contributed by atoms with Crippen LogP contribution in [0, 0.1) is 0 Å². The Bertz CT molecular complexity index is 1320. The molecule has 11 heteroatoms. The predicted molar refractivity (Wildman–Crippen MR) is 118 cm³/mol. The molecule has 0 aromatic carbocycles. The van der Waals surface area contributed by atoms with Gasteiger partial charge in [-0.15, -0.1) is 0 Å². The number of carbonyl (C=O) groups excluding carboxylic acids is 1. The van der Waals surface area contributed by atoms with Crippen molar-refractivity contribution >= 4 is 28.9 Å². The van der Waals surface area contributed by atoms with Crippen LogP contribution in [0.2, 0.25) is 0 Å². The van der Waals surface area contributed by atoms with Crippen molar-refractivity contribution in [1.82, 2.24) is 29.5 Å². The van der Waals surface area contributed by atoms with E-state index in [9.17, 15) is 9.59 Å². The van der Waals surface area contributed by atoms with Crippen LogP contribution in [-0.4, -0.2) is 43.1 Å². The monoisotopic (exact) mass is 434 g/mol. The number of nitrogens with zero attached hydrogens (tertiary/aromatic N) is 5. The molecule has 0 atom stereocenters. The lowest BCUT2D eigenvalue weighted by atomic mass is 10.2. The number of aromatic nitrogens is 5. The van der Waals surface area contributed by atoms with Crippen LogP contribution in [0.1, 0.15) is 36.0 Å². The molecule has 0 saturated heterocycles. The molecule has 1 fully saturated rings. The molecule has 11 nitrogen and oxygen atoms in total. The summed E-state index contributed by atoms with van der Waals surface area (Å²) in [6.45, 7) is 0. The average Bonchev–Trinajstić information content (AvgIpc) is 3.56. The first-order valence-electron chi connectivity index (χ1n) is 10.4. The quantitative estimate of drug-likeness (QED) is 0.421. The lowest BCUT2D eigenvalue weighted by Gasteiger charge is -2.12. The highest BCUT2D eigenvalue weighted by molar-refractivity contribution is 6.00. The van der Waals surface area contributed by atoms with Crippen molar-refractivity contribution < 1.29 is 9.21 Å². The van der Waals surface area contributed by atoms with Crippen LogP contribution in [0.15, 0.2) is 52.3 Å². The molecule has 0 radical (unpaired) electrons. The van der Waals surface area contributed by atoms with Gasteiger partial charge in [-0.05, 0) is 25.0 Å². The summed E-state index contributed by atoms with van der Waals surface area (Å²) < 4.78 is 8.08. The summed E-state index contributed by atoms with van der Waals surface area (Å²) in [4.78, 5) is 34.3. The first-order valence-corrected chi connectivity index (χ1v) is 10.4. The van der Waals surface area contributed by atoms with Gasteiger partial charge in [0.05, 0.1) is 12.4 Å². The van der Waals surface area contributed by atoms with Crippen molar-refractivity contribution in [3.63, 3.8) is 0 Å². The zero-order chi connectivity index (χ0) is 22.1. The summed E-state index contributed by atoms with van der Waals surface area (Å²) >= 11 is 0. The van der Waals surface area contributed by atoms with Gasteiger partial charge in [0.1, 0.15) is 29.1 Å². The normalized spacial score (nSPS) is 14.0. The summed E-state index contributed by atoms with van der Waals surface area (Å²) in [5, 5.41) is 13.5. The molecule has 0 spiro atoms. The van der Waals surface area contributed by atoms with Crippen molar-refractivity contribution in [3.8, 4) is 6.01 Å². The molecule has 4 aromatic rings. The number of anilines is 3. The molecule has 1 saturated carbocycles. The van der Waals surface area contributed by atoms with E-state index >= 15 is 0 Å². The molecule has 0 aliphatic heterocycles. The van der Waals surface area contributed by atoms with Crippen molar-refractivity contribution in [3.05, 3.63) is 59.0 Å². The SMILES string of the molecule is CNc1cc(Nc2cccn(-c3ncco3)c2=O)nc2c(C(=O)NC3CCCC3)cnn12. The van der Waals surface area contributed by atoms with Crippen LogP contribution in [-0.2, 0) is 0 Å². The van der Waals surface area contributed by atoms with Crippen LogP contribution < -0.4 is 21.5 Å². The Balaban J connectivity index is 1.50. The van der Waals surface area contributed by atoms with Crippen molar-refractivity contribution in [1.29, 1.82) is 0 Å². The summed E-state index contributed by atoms with van der Waals surface area (Å²) in [5.41, 5.74) is 0.692. The maximum Gasteiger partial charge on any atom is 0.308 e. The minimum Gasteiger partial charge on any atom is -0.432 e. The van der Waals surface area contributed by atoms with Crippen molar-refractivity contribution in [2.75, 3.05) is 17.7 Å². The predicted octanol–water partition coefficient (Wildman–Crippen LogP) is 2.33. The molecular formula is C21H22N8O3. The van der Waals surface area contributed by atoms with Crippen LogP contribution >= 0.6 is 0 Å². The number of carbonyl (C=O) groups is 1. The van der Waals surface area contributed by atoms with Crippen molar-refractivity contribution in [2.24, 2.45) is 0 Å². The van der Waals surface area contributed by atoms with Gasteiger partial charge in [0, 0.05) is 25.4 Å². The van der Waals surface area contributed by atoms with E-state index in [0.29, 0.717) is 22.8 Å². The van der Waals surface area contributed by atoms with E-state index in [2.05, 4.69) is 31.0 Å². The van der Waals surface area contributed by atoms with Crippen molar-refractivity contribution in [2.45, 2.75) is 31.7 Å². The molecule has 164 valence electrons. The second-order valence-corrected chi connectivity index (χ2v) is 7.56. The summed E-state index contributed by atoms with van der Waals surface area (Å²) in [7, 11) is 1.75. The summed E-state index contributed by atoms with van der Waals surface area (Å²) in [6.07, 6.45) is 10.2. The number of amides is 1. The fourth-order valence-electron chi connectivity index (χ4n) is 3.91. The van der Waals surface area contributed by atoms with E-state index in [4.69, 9.17) is 4.42 Å². The van der Waals surface area contributed by atoms with E-state index in [1.165, 1.54) is 23.2 Å². The number of oxazole rings is 1. The molecular weight excluding hydrogens is 412 g/mol. The molecule has 1 aliphatic rings. The number of nitrogens with one attached hydrogen (secondary N) is 3. The van der Waals surface area contributed by atoms with E-state index < -0.39 is 0 Å². The number of rotatable bonds is 6. The van der Waals surface area contributed by atoms with Gasteiger partial charge in [0.2, 0.25) is 0 Å². The number of hydrogen-bond acceptors (Lipinski definition) is 8. The Hall–Kier alpha value is -4.15. The number of hydrogen-bond donors (Lipinski definition) is 3. The van der Waals surface area contributed by atoms with Crippen LogP contribution in [0.25, 0.3) is 11.7 Å². The Morgan fingerprint density at radius 3 is 2.88 bits per heavy atom. The van der Waals surface area contributed by atoms with Crippen LogP contribution in [0.3, 0.4) is 0 Å². The smallest absolute Gasteiger partial charge is 0.308 e. The highest BCUT2D eigenvalue weighted by Crippen LogP contribution is 2.22. The lowest BCUT2D eigenvalue weighted by Crippen LogP contribution is -2.32. The fourth-order valence-corrected chi connectivity index (χ4v) is 3.91.